The molecular formula is C18H23NO5S. The molecule has 7 heteroatoms. The highest BCUT2D eigenvalue weighted by Crippen LogP contribution is 2.37. The number of aliphatic carboxylic acids is 1. The first-order valence-electron chi connectivity index (χ1n) is 8.04. The molecule has 1 aromatic heterocycles. The van der Waals surface area contributed by atoms with E-state index in [1.54, 1.807) is 6.92 Å². The number of thiophene rings is 1. The summed E-state index contributed by atoms with van der Waals surface area (Å²) in [5.74, 6) is -3.27. The Labute approximate surface area is 150 Å². The zero-order valence-corrected chi connectivity index (χ0v) is 15.9. The average Bonchev–Trinajstić information content (AvgIpc) is 2.82. The van der Waals surface area contributed by atoms with Crippen LogP contribution in [-0.4, -0.2) is 30.1 Å². The van der Waals surface area contributed by atoms with Crippen LogP contribution in [0, 0.1) is 25.7 Å². The predicted molar refractivity (Wildman–Crippen MR) is 96.0 cm³/mol. The van der Waals surface area contributed by atoms with Gasteiger partial charge in [-0.15, -0.1) is 11.3 Å². The fraction of sp³-hybridized carbons (Fsp3) is 0.500. The first-order valence-corrected chi connectivity index (χ1v) is 8.86. The lowest BCUT2D eigenvalue weighted by molar-refractivity contribution is -0.146. The standard InChI is InChI=1S/C18H23NO5S/c1-8-6-12(13(17(21)22)7-9(8)2)15(20)19-16-14(18(23)24-5)10(3)11(4)25-16/h12-13H,6-7H2,1-5H3,(H,19,20)(H,21,22). The molecular weight excluding hydrogens is 342 g/mol. The van der Waals surface area contributed by atoms with E-state index < -0.39 is 23.8 Å². The molecule has 0 saturated heterocycles. The lowest BCUT2D eigenvalue weighted by Crippen LogP contribution is -2.36. The number of carbonyl (C=O) groups excluding carboxylic acids is 2. The van der Waals surface area contributed by atoms with Gasteiger partial charge in [-0.3, -0.25) is 9.59 Å². The SMILES string of the molecule is COC(=O)c1c(NC(=O)C2CC(C)=C(C)CC2C(=O)O)sc(C)c1C. The Balaban J connectivity index is 2.32. The van der Waals surface area contributed by atoms with Gasteiger partial charge in [0.2, 0.25) is 5.91 Å². The number of carboxylic acids is 1. The first-order chi connectivity index (χ1) is 11.7. The van der Waals surface area contributed by atoms with Gasteiger partial charge >= 0.3 is 11.9 Å². The average molecular weight is 365 g/mol. The van der Waals surface area contributed by atoms with Crippen LogP contribution in [0.3, 0.4) is 0 Å². The van der Waals surface area contributed by atoms with Crippen LogP contribution in [-0.2, 0) is 14.3 Å². The van der Waals surface area contributed by atoms with Gasteiger partial charge < -0.3 is 15.2 Å². The largest absolute Gasteiger partial charge is 0.481 e. The Kier molecular flexibility index (Phi) is 5.67. The molecule has 0 bridgehead atoms. The summed E-state index contributed by atoms with van der Waals surface area (Å²) < 4.78 is 4.80. The van der Waals surface area contributed by atoms with Gasteiger partial charge in [0.05, 0.1) is 24.5 Å². The summed E-state index contributed by atoms with van der Waals surface area (Å²) in [5.41, 5.74) is 3.17. The Morgan fingerprint density at radius 1 is 1.08 bits per heavy atom. The number of nitrogens with one attached hydrogen (secondary N) is 1. The van der Waals surface area contributed by atoms with Crippen LogP contribution >= 0.6 is 11.3 Å². The Morgan fingerprint density at radius 2 is 1.64 bits per heavy atom. The van der Waals surface area contributed by atoms with Crippen molar-refractivity contribution in [1.82, 2.24) is 0 Å². The summed E-state index contributed by atoms with van der Waals surface area (Å²) in [6.45, 7) is 7.48. The second kappa shape index (κ2) is 7.39. The molecule has 1 heterocycles. The van der Waals surface area contributed by atoms with E-state index in [9.17, 15) is 19.5 Å². The highest BCUT2D eigenvalue weighted by Gasteiger charge is 2.38. The lowest BCUT2D eigenvalue weighted by atomic mass is 9.76. The number of methoxy groups -OCH3 is 1. The van der Waals surface area contributed by atoms with Gasteiger partial charge in [0.1, 0.15) is 5.00 Å². The molecule has 1 aliphatic carbocycles. The van der Waals surface area contributed by atoms with Crippen molar-refractivity contribution >= 4 is 34.2 Å². The van der Waals surface area contributed by atoms with Crippen molar-refractivity contribution in [1.29, 1.82) is 0 Å². The van der Waals surface area contributed by atoms with E-state index in [1.165, 1.54) is 18.4 Å². The molecule has 0 saturated carbocycles. The molecule has 0 aliphatic heterocycles. The molecule has 0 radical (unpaired) electrons. The predicted octanol–water partition coefficient (Wildman–Crippen LogP) is 3.54. The topological polar surface area (TPSA) is 92.7 Å². The van der Waals surface area contributed by atoms with Gasteiger partial charge in [0, 0.05) is 4.88 Å². The van der Waals surface area contributed by atoms with Crippen LogP contribution < -0.4 is 5.32 Å². The van der Waals surface area contributed by atoms with Crippen molar-refractivity contribution in [2.24, 2.45) is 11.8 Å². The summed E-state index contributed by atoms with van der Waals surface area (Å²) >= 11 is 1.30. The van der Waals surface area contributed by atoms with Crippen LogP contribution in [0.5, 0.6) is 0 Å². The van der Waals surface area contributed by atoms with E-state index in [0.717, 1.165) is 21.6 Å². The number of rotatable bonds is 4. The normalized spacial score (nSPS) is 20.4. The lowest BCUT2D eigenvalue weighted by Gasteiger charge is -2.29. The van der Waals surface area contributed by atoms with E-state index >= 15 is 0 Å². The minimum absolute atomic E-state index is 0.337. The number of carboxylic acid groups (broad SMARTS) is 1. The van der Waals surface area contributed by atoms with Crippen molar-refractivity contribution in [2.45, 2.75) is 40.5 Å². The van der Waals surface area contributed by atoms with Crippen molar-refractivity contribution in [3.8, 4) is 0 Å². The zero-order valence-electron chi connectivity index (χ0n) is 15.1. The number of hydrogen-bond acceptors (Lipinski definition) is 5. The molecule has 136 valence electrons. The van der Waals surface area contributed by atoms with Crippen LogP contribution in [0.2, 0.25) is 0 Å². The number of allylic oxidation sites excluding steroid dienone is 2. The maximum absolute atomic E-state index is 12.8. The van der Waals surface area contributed by atoms with Crippen LogP contribution in [0.15, 0.2) is 11.1 Å². The number of esters is 1. The Bertz CT molecular complexity index is 762. The van der Waals surface area contributed by atoms with E-state index in [2.05, 4.69) is 5.32 Å². The van der Waals surface area contributed by atoms with E-state index in [4.69, 9.17) is 4.74 Å². The second-order valence-corrected chi connectivity index (χ2v) is 7.71. The van der Waals surface area contributed by atoms with E-state index in [0.29, 0.717) is 23.4 Å². The molecule has 2 rings (SSSR count). The third-order valence-electron chi connectivity index (χ3n) is 4.93. The number of anilines is 1. The maximum Gasteiger partial charge on any atom is 0.341 e. The second-order valence-electron chi connectivity index (χ2n) is 6.49. The minimum atomic E-state index is -0.973. The molecule has 0 fully saturated rings. The molecule has 2 atom stereocenters. The quantitative estimate of drug-likeness (QED) is 0.629. The highest BCUT2D eigenvalue weighted by atomic mass is 32.1. The summed E-state index contributed by atoms with van der Waals surface area (Å²) in [6, 6.07) is 0. The Morgan fingerprint density at radius 3 is 2.16 bits per heavy atom. The Hall–Kier alpha value is -2.15. The molecule has 25 heavy (non-hydrogen) atoms. The number of amides is 1. The van der Waals surface area contributed by atoms with Crippen LogP contribution in [0.4, 0.5) is 5.00 Å². The fourth-order valence-corrected chi connectivity index (χ4v) is 4.15. The number of ether oxygens (including phenoxy) is 1. The number of hydrogen-bond donors (Lipinski definition) is 2. The monoisotopic (exact) mass is 365 g/mol. The van der Waals surface area contributed by atoms with Crippen molar-refractivity contribution in [3.63, 3.8) is 0 Å². The summed E-state index contributed by atoms with van der Waals surface area (Å²) in [4.78, 5) is 37.3. The molecule has 2 N–H and O–H groups in total. The fourth-order valence-electron chi connectivity index (χ4n) is 3.10. The van der Waals surface area contributed by atoms with Crippen molar-refractivity contribution in [2.75, 3.05) is 12.4 Å². The van der Waals surface area contributed by atoms with Gasteiger partial charge in [-0.1, -0.05) is 11.1 Å². The minimum Gasteiger partial charge on any atom is -0.481 e. The summed E-state index contributed by atoms with van der Waals surface area (Å²) in [6.07, 6.45) is 0.775. The maximum atomic E-state index is 12.8. The van der Waals surface area contributed by atoms with E-state index in [1.807, 2.05) is 20.8 Å². The van der Waals surface area contributed by atoms with Crippen LogP contribution in [0.1, 0.15) is 47.5 Å². The molecule has 0 spiro atoms. The zero-order chi connectivity index (χ0) is 18.9. The molecule has 1 aliphatic rings. The summed E-state index contributed by atoms with van der Waals surface area (Å²) in [7, 11) is 1.29. The third-order valence-corrected chi connectivity index (χ3v) is 6.05. The van der Waals surface area contributed by atoms with Gasteiger partial charge in [-0.25, -0.2) is 4.79 Å². The molecule has 1 aromatic rings. The smallest absolute Gasteiger partial charge is 0.341 e. The molecule has 6 nitrogen and oxygen atoms in total. The van der Waals surface area contributed by atoms with Gasteiger partial charge in [0.25, 0.3) is 0 Å². The van der Waals surface area contributed by atoms with Crippen LogP contribution in [0.25, 0.3) is 0 Å². The number of aryl methyl sites for hydroxylation is 1. The third kappa shape index (κ3) is 3.76. The highest BCUT2D eigenvalue weighted by molar-refractivity contribution is 7.16. The summed E-state index contributed by atoms with van der Waals surface area (Å²) in [5, 5.41) is 12.7. The molecule has 2 unspecified atom stereocenters. The van der Waals surface area contributed by atoms with Gasteiger partial charge in [0.15, 0.2) is 0 Å². The van der Waals surface area contributed by atoms with Crippen molar-refractivity contribution < 1.29 is 24.2 Å². The van der Waals surface area contributed by atoms with Gasteiger partial charge in [-0.05, 0) is 46.1 Å². The molecule has 1 amide bonds. The number of carbonyl (C=O) groups is 3. The van der Waals surface area contributed by atoms with E-state index in [-0.39, 0.29) is 5.91 Å². The van der Waals surface area contributed by atoms with Gasteiger partial charge in [-0.2, -0.15) is 0 Å². The molecule has 0 aromatic carbocycles. The van der Waals surface area contributed by atoms with Crippen molar-refractivity contribution in [3.05, 3.63) is 27.2 Å². The first kappa shape index (κ1) is 19.2.